The van der Waals surface area contributed by atoms with E-state index in [9.17, 15) is 13.2 Å². The van der Waals surface area contributed by atoms with Crippen LogP contribution in [0.2, 0.25) is 10.0 Å². The van der Waals surface area contributed by atoms with Crippen molar-refractivity contribution in [2.24, 2.45) is 0 Å². The fraction of sp³-hybridized carbons (Fsp3) is 0.312. The third-order valence-electron chi connectivity index (χ3n) is 3.48. The molecule has 0 radical (unpaired) electrons. The second-order valence-electron chi connectivity index (χ2n) is 5.50. The van der Waals surface area contributed by atoms with Gasteiger partial charge in [-0.1, -0.05) is 35.3 Å². The van der Waals surface area contributed by atoms with Crippen LogP contribution in [0.25, 0.3) is 0 Å². The molecule has 1 aromatic carbocycles. The van der Waals surface area contributed by atoms with E-state index in [1.165, 1.54) is 14.1 Å². The summed E-state index contributed by atoms with van der Waals surface area (Å²) in [7, 11) is -0.471. The number of halogens is 2. The first-order valence-corrected chi connectivity index (χ1v) is 10.4. The summed E-state index contributed by atoms with van der Waals surface area (Å²) in [6.07, 6.45) is 0.754. The van der Waals surface area contributed by atoms with Crippen LogP contribution in [-0.4, -0.2) is 32.7 Å². The van der Waals surface area contributed by atoms with Gasteiger partial charge in [0.25, 0.3) is 10.0 Å². The van der Waals surface area contributed by atoms with Gasteiger partial charge in [0.15, 0.2) is 0 Å². The van der Waals surface area contributed by atoms with Crippen molar-refractivity contribution in [3.05, 3.63) is 50.8 Å². The smallest absolute Gasteiger partial charge is 0.252 e. The zero-order valence-electron chi connectivity index (χ0n) is 13.8. The van der Waals surface area contributed by atoms with Gasteiger partial charge in [0.1, 0.15) is 4.21 Å². The number of sulfonamides is 1. The topological polar surface area (TPSA) is 66.5 Å². The number of carbonyl (C=O) groups is 1. The average molecular weight is 421 g/mol. The molecule has 0 saturated carbocycles. The molecule has 0 saturated heterocycles. The summed E-state index contributed by atoms with van der Waals surface area (Å²) in [5.74, 6) is -0.138. The van der Waals surface area contributed by atoms with Gasteiger partial charge in [-0.3, -0.25) is 4.79 Å². The van der Waals surface area contributed by atoms with E-state index in [1.807, 2.05) is 6.07 Å². The van der Waals surface area contributed by atoms with Crippen molar-refractivity contribution < 1.29 is 13.2 Å². The Morgan fingerprint density at radius 2 is 1.92 bits per heavy atom. The maximum Gasteiger partial charge on any atom is 0.252 e. The first kappa shape index (κ1) is 20.2. The number of hydrogen-bond acceptors (Lipinski definition) is 4. The van der Waals surface area contributed by atoms with Gasteiger partial charge in [0, 0.05) is 25.4 Å². The summed E-state index contributed by atoms with van der Waals surface area (Å²) in [5, 5.41) is 3.72. The third-order valence-corrected chi connectivity index (χ3v) is 7.71. The Morgan fingerprint density at radius 1 is 1.20 bits per heavy atom. The van der Waals surface area contributed by atoms with Crippen LogP contribution in [-0.2, 0) is 27.8 Å². The molecule has 0 spiro atoms. The molecule has 0 fully saturated rings. The van der Waals surface area contributed by atoms with Crippen molar-refractivity contribution in [2.75, 3.05) is 14.1 Å². The van der Waals surface area contributed by atoms with Gasteiger partial charge < -0.3 is 5.32 Å². The maximum atomic E-state index is 12.0. The lowest BCUT2D eigenvalue weighted by atomic mass is 10.1. The molecule has 0 aliphatic heterocycles. The van der Waals surface area contributed by atoms with Crippen molar-refractivity contribution in [1.82, 2.24) is 9.62 Å². The molecule has 0 aliphatic carbocycles. The van der Waals surface area contributed by atoms with Crippen molar-refractivity contribution in [1.29, 1.82) is 0 Å². The van der Waals surface area contributed by atoms with Gasteiger partial charge >= 0.3 is 0 Å². The molecule has 1 aromatic heterocycles. The van der Waals surface area contributed by atoms with Crippen LogP contribution >= 0.6 is 34.5 Å². The molecule has 0 unspecified atom stereocenters. The van der Waals surface area contributed by atoms with E-state index in [2.05, 4.69) is 5.32 Å². The molecular formula is C16H18Cl2N2O3S2. The first-order valence-electron chi connectivity index (χ1n) is 7.42. The highest BCUT2D eigenvalue weighted by atomic mass is 35.5. The lowest BCUT2D eigenvalue weighted by Gasteiger charge is -2.08. The molecule has 1 amide bonds. The fourth-order valence-corrected chi connectivity index (χ4v) is 4.91. The van der Waals surface area contributed by atoms with E-state index in [0.29, 0.717) is 16.5 Å². The number of amides is 1. The van der Waals surface area contributed by atoms with E-state index in [-0.39, 0.29) is 23.1 Å². The maximum absolute atomic E-state index is 12.0. The fourth-order valence-electron chi connectivity index (χ4n) is 2.04. The van der Waals surface area contributed by atoms with E-state index in [4.69, 9.17) is 23.2 Å². The van der Waals surface area contributed by atoms with Crippen LogP contribution in [0, 0.1) is 0 Å². The summed E-state index contributed by atoms with van der Waals surface area (Å²) in [6, 6.07) is 8.57. The summed E-state index contributed by atoms with van der Waals surface area (Å²) >= 11 is 13.2. The van der Waals surface area contributed by atoms with E-state index < -0.39 is 10.0 Å². The SMILES string of the molecule is CN(C)S(=O)(=O)c1ccc(CNC(=O)CCc2cccc(Cl)c2Cl)s1. The third kappa shape index (κ3) is 5.18. The lowest BCUT2D eigenvalue weighted by Crippen LogP contribution is -2.22. The molecule has 25 heavy (non-hydrogen) atoms. The summed E-state index contributed by atoms with van der Waals surface area (Å²) < 4.78 is 25.5. The number of rotatable bonds is 7. The average Bonchev–Trinajstić information content (AvgIpc) is 3.04. The summed E-state index contributed by atoms with van der Waals surface area (Å²) in [6.45, 7) is 0.287. The van der Waals surface area contributed by atoms with Crippen LogP contribution in [0.4, 0.5) is 0 Å². The van der Waals surface area contributed by atoms with Crippen molar-refractivity contribution >= 4 is 50.5 Å². The molecule has 0 atom stereocenters. The molecule has 1 heterocycles. The van der Waals surface area contributed by atoms with E-state index in [0.717, 1.165) is 26.1 Å². The minimum Gasteiger partial charge on any atom is -0.351 e. The molecule has 0 aliphatic rings. The minimum absolute atomic E-state index is 0.138. The monoisotopic (exact) mass is 420 g/mol. The van der Waals surface area contributed by atoms with Gasteiger partial charge in [-0.2, -0.15) is 0 Å². The molecule has 5 nitrogen and oxygen atoms in total. The molecule has 1 N–H and O–H groups in total. The molecule has 9 heteroatoms. The van der Waals surface area contributed by atoms with Gasteiger partial charge in [-0.25, -0.2) is 12.7 Å². The quantitative estimate of drug-likeness (QED) is 0.744. The van der Waals surface area contributed by atoms with Gasteiger partial charge in [-0.05, 0) is 30.2 Å². The first-order chi connectivity index (χ1) is 11.7. The molecule has 2 aromatic rings. The second kappa shape index (κ2) is 8.51. The minimum atomic E-state index is -3.44. The number of carbonyl (C=O) groups excluding carboxylic acids is 1. The van der Waals surface area contributed by atoms with E-state index in [1.54, 1.807) is 24.3 Å². The van der Waals surface area contributed by atoms with Crippen LogP contribution < -0.4 is 5.32 Å². The van der Waals surface area contributed by atoms with Crippen LogP contribution in [0.15, 0.2) is 34.5 Å². The molecule has 2 rings (SSSR count). The number of hydrogen-bond donors (Lipinski definition) is 1. The summed E-state index contributed by atoms with van der Waals surface area (Å²) in [4.78, 5) is 12.8. The largest absolute Gasteiger partial charge is 0.351 e. The predicted octanol–water partition coefficient (Wildman–Crippen LogP) is 3.55. The highest BCUT2D eigenvalue weighted by Gasteiger charge is 2.19. The normalized spacial score (nSPS) is 11.7. The van der Waals surface area contributed by atoms with Crippen molar-refractivity contribution in [2.45, 2.75) is 23.6 Å². The zero-order chi connectivity index (χ0) is 18.6. The zero-order valence-corrected chi connectivity index (χ0v) is 16.9. The Hall–Kier alpha value is -1.12. The van der Waals surface area contributed by atoms with Crippen LogP contribution in [0.5, 0.6) is 0 Å². The van der Waals surface area contributed by atoms with Crippen molar-refractivity contribution in [3.63, 3.8) is 0 Å². The summed E-state index contributed by atoms with van der Waals surface area (Å²) in [5.41, 5.74) is 0.819. The van der Waals surface area contributed by atoms with Crippen molar-refractivity contribution in [3.8, 4) is 0 Å². The Kier molecular flexibility index (Phi) is 6.87. The number of nitrogens with one attached hydrogen (secondary N) is 1. The predicted molar refractivity (Wildman–Crippen MR) is 102 cm³/mol. The van der Waals surface area contributed by atoms with Gasteiger partial charge in [0.05, 0.1) is 16.6 Å². The Balaban J connectivity index is 1.89. The van der Waals surface area contributed by atoms with Crippen LogP contribution in [0.1, 0.15) is 16.9 Å². The standard InChI is InChI=1S/C16H18Cl2N2O3S2/c1-20(2)25(22,23)15-9-7-12(24-15)10-19-14(21)8-6-11-4-3-5-13(17)16(11)18/h3-5,7,9H,6,8,10H2,1-2H3,(H,19,21). The van der Waals surface area contributed by atoms with Gasteiger partial charge in [0.2, 0.25) is 5.91 Å². The molecule has 0 bridgehead atoms. The Labute approximate surface area is 161 Å². The Morgan fingerprint density at radius 3 is 2.60 bits per heavy atom. The molecule has 136 valence electrons. The molecular weight excluding hydrogens is 403 g/mol. The van der Waals surface area contributed by atoms with Gasteiger partial charge in [-0.15, -0.1) is 11.3 Å². The lowest BCUT2D eigenvalue weighted by molar-refractivity contribution is -0.121. The second-order valence-corrected chi connectivity index (χ2v) is 9.83. The van der Waals surface area contributed by atoms with E-state index >= 15 is 0 Å². The number of thiophene rings is 1. The number of nitrogens with zero attached hydrogens (tertiary/aromatic N) is 1. The van der Waals surface area contributed by atoms with Crippen LogP contribution in [0.3, 0.4) is 0 Å². The number of benzene rings is 1. The Bertz CT molecular complexity index is 864. The highest BCUT2D eigenvalue weighted by Crippen LogP contribution is 2.26. The highest BCUT2D eigenvalue weighted by molar-refractivity contribution is 7.91. The number of aryl methyl sites for hydroxylation is 1.